The molecule has 0 saturated carbocycles. The van der Waals surface area contributed by atoms with Gasteiger partial charge in [-0.2, -0.15) is 0 Å². The van der Waals surface area contributed by atoms with Gasteiger partial charge in [0.25, 0.3) is 10.0 Å². The van der Waals surface area contributed by atoms with Crippen molar-refractivity contribution < 1.29 is 22.7 Å². The number of rotatable bonds is 10. The maximum absolute atomic E-state index is 14.0. The highest BCUT2D eigenvalue weighted by atomic mass is 35.5. The van der Waals surface area contributed by atoms with Crippen LogP contribution in [-0.4, -0.2) is 50.4 Å². The van der Waals surface area contributed by atoms with Gasteiger partial charge < -0.3 is 15.0 Å². The zero-order valence-corrected chi connectivity index (χ0v) is 26.4. The molecule has 8 nitrogen and oxygen atoms in total. The Morgan fingerprint density at radius 1 is 0.927 bits per heavy atom. The van der Waals surface area contributed by atoms with E-state index in [-0.39, 0.29) is 22.2 Å². The van der Waals surface area contributed by atoms with Gasteiger partial charge in [0.15, 0.2) is 0 Å². The number of benzene rings is 3. The molecular weight excluding hydrogens is 609 g/mol. The molecule has 0 aliphatic heterocycles. The van der Waals surface area contributed by atoms with Gasteiger partial charge in [0.1, 0.15) is 18.3 Å². The van der Waals surface area contributed by atoms with Crippen molar-refractivity contribution in [1.29, 1.82) is 0 Å². The van der Waals surface area contributed by atoms with E-state index in [1.165, 1.54) is 42.3 Å². The number of carbonyl (C=O) groups excluding carboxylic acids is 2. The van der Waals surface area contributed by atoms with Crippen LogP contribution in [0.2, 0.25) is 15.1 Å². The fourth-order valence-electron chi connectivity index (χ4n) is 3.97. The van der Waals surface area contributed by atoms with Crippen molar-refractivity contribution in [1.82, 2.24) is 10.2 Å². The van der Waals surface area contributed by atoms with Crippen LogP contribution < -0.4 is 14.4 Å². The van der Waals surface area contributed by atoms with Crippen LogP contribution in [0, 0.1) is 0 Å². The number of halogens is 3. The lowest BCUT2D eigenvalue weighted by molar-refractivity contribution is -0.140. The number of sulfonamides is 1. The molecule has 0 bridgehead atoms. The molecule has 2 amide bonds. The average molecular weight is 641 g/mol. The van der Waals surface area contributed by atoms with E-state index in [0.29, 0.717) is 21.4 Å². The zero-order chi connectivity index (χ0) is 30.5. The van der Waals surface area contributed by atoms with Crippen LogP contribution in [0.3, 0.4) is 0 Å². The van der Waals surface area contributed by atoms with Crippen molar-refractivity contribution in [2.45, 2.75) is 50.7 Å². The molecule has 0 aliphatic rings. The Morgan fingerprint density at radius 2 is 1.54 bits per heavy atom. The molecule has 220 valence electrons. The van der Waals surface area contributed by atoms with E-state index in [1.54, 1.807) is 43.3 Å². The smallest absolute Gasteiger partial charge is 0.264 e. The Hall–Kier alpha value is -2.98. The summed E-state index contributed by atoms with van der Waals surface area (Å²) in [5.41, 5.74) is -0.0231. The summed E-state index contributed by atoms with van der Waals surface area (Å²) in [6.07, 6.45) is 0. The zero-order valence-electron chi connectivity index (χ0n) is 23.3. The highest BCUT2D eigenvalue weighted by Gasteiger charge is 2.34. The minimum Gasteiger partial charge on any atom is -0.495 e. The molecule has 41 heavy (non-hydrogen) atoms. The van der Waals surface area contributed by atoms with Gasteiger partial charge in [-0.15, -0.1) is 0 Å². The van der Waals surface area contributed by atoms with Crippen LogP contribution >= 0.6 is 34.8 Å². The highest BCUT2D eigenvalue weighted by Crippen LogP contribution is 2.33. The molecule has 0 aliphatic carbocycles. The Morgan fingerprint density at radius 3 is 2.07 bits per heavy atom. The first kappa shape index (κ1) is 32.5. The summed E-state index contributed by atoms with van der Waals surface area (Å²) < 4.78 is 33.9. The number of methoxy groups -OCH3 is 1. The van der Waals surface area contributed by atoms with Gasteiger partial charge in [0, 0.05) is 27.7 Å². The number of amides is 2. The standard InChI is InChI=1S/C29H32Cl3N3O5S/c1-19(28(37)33-29(2,3)4)34(17-22-23(30)12-9-13-24(22)31)27(36)18-35(20-14-15-26(40-5)25(32)16-20)41(38,39)21-10-7-6-8-11-21/h6-16,19H,17-18H2,1-5H3,(H,33,37)/t19-/m1/s1. The third kappa shape index (κ3) is 8.07. The highest BCUT2D eigenvalue weighted by molar-refractivity contribution is 7.92. The van der Waals surface area contributed by atoms with Gasteiger partial charge in [-0.05, 0) is 70.2 Å². The van der Waals surface area contributed by atoms with Crippen molar-refractivity contribution >= 4 is 62.3 Å². The Balaban J connectivity index is 2.10. The number of nitrogens with zero attached hydrogens (tertiary/aromatic N) is 2. The molecule has 0 unspecified atom stereocenters. The third-order valence-electron chi connectivity index (χ3n) is 6.09. The van der Waals surface area contributed by atoms with Crippen LogP contribution in [0.4, 0.5) is 5.69 Å². The summed E-state index contributed by atoms with van der Waals surface area (Å²) in [7, 11) is -2.81. The van der Waals surface area contributed by atoms with Crippen molar-refractivity contribution in [3.8, 4) is 5.75 Å². The monoisotopic (exact) mass is 639 g/mol. The van der Waals surface area contributed by atoms with Gasteiger partial charge in [-0.1, -0.05) is 59.1 Å². The molecule has 3 rings (SSSR count). The molecular formula is C29H32Cl3N3O5S. The van der Waals surface area contributed by atoms with E-state index in [1.807, 2.05) is 20.8 Å². The molecule has 0 spiro atoms. The number of carbonyl (C=O) groups is 2. The Kier molecular flexibility index (Phi) is 10.6. The summed E-state index contributed by atoms with van der Waals surface area (Å²) in [5.74, 6) is -0.760. The predicted molar refractivity (Wildman–Crippen MR) is 163 cm³/mol. The number of ether oxygens (including phenoxy) is 1. The first-order chi connectivity index (χ1) is 19.2. The summed E-state index contributed by atoms with van der Waals surface area (Å²) >= 11 is 19.2. The van der Waals surface area contributed by atoms with Gasteiger partial charge in [0.2, 0.25) is 11.8 Å². The first-order valence-electron chi connectivity index (χ1n) is 12.6. The van der Waals surface area contributed by atoms with Crippen LogP contribution in [-0.2, 0) is 26.2 Å². The van der Waals surface area contributed by atoms with Gasteiger partial charge in [-0.25, -0.2) is 8.42 Å². The molecule has 0 radical (unpaired) electrons. The van der Waals surface area contributed by atoms with Crippen molar-refractivity contribution in [2.24, 2.45) is 0 Å². The second kappa shape index (κ2) is 13.3. The SMILES string of the molecule is COc1ccc(N(CC(=O)N(Cc2c(Cl)cccc2Cl)[C@H](C)C(=O)NC(C)(C)C)S(=O)(=O)c2ccccc2)cc1Cl. The minimum absolute atomic E-state index is 0.0287. The molecule has 0 saturated heterocycles. The summed E-state index contributed by atoms with van der Waals surface area (Å²) in [6, 6.07) is 16.0. The summed E-state index contributed by atoms with van der Waals surface area (Å²) in [4.78, 5) is 28.5. The van der Waals surface area contributed by atoms with Crippen LogP contribution in [0.15, 0.2) is 71.6 Å². The lowest BCUT2D eigenvalue weighted by Gasteiger charge is -2.34. The van der Waals surface area contributed by atoms with Gasteiger partial charge in [0.05, 0.1) is 22.7 Å². The Bertz CT molecular complexity index is 1490. The van der Waals surface area contributed by atoms with E-state index in [4.69, 9.17) is 39.5 Å². The maximum Gasteiger partial charge on any atom is 0.264 e. The average Bonchev–Trinajstić information content (AvgIpc) is 2.90. The summed E-state index contributed by atoms with van der Waals surface area (Å²) in [6.45, 7) is 6.22. The number of nitrogens with one attached hydrogen (secondary N) is 1. The van der Waals surface area contributed by atoms with Gasteiger partial charge in [-0.3, -0.25) is 13.9 Å². The molecule has 12 heteroatoms. The number of hydrogen-bond acceptors (Lipinski definition) is 5. The fourth-order valence-corrected chi connectivity index (χ4v) is 6.17. The molecule has 1 N–H and O–H groups in total. The predicted octanol–water partition coefficient (Wildman–Crippen LogP) is 6.18. The number of hydrogen-bond donors (Lipinski definition) is 1. The van der Waals surface area contributed by atoms with E-state index in [0.717, 1.165) is 4.31 Å². The van der Waals surface area contributed by atoms with E-state index >= 15 is 0 Å². The lowest BCUT2D eigenvalue weighted by atomic mass is 10.1. The quantitative estimate of drug-likeness (QED) is 0.286. The van der Waals surface area contributed by atoms with Gasteiger partial charge >= 0.3 is 0 Å². The largest absolute Gasteiger partial charge is 0.495 e. The topological polar surface area (TPSA) is 96.0 Å². The second-order valence-corrected chi connectivity index (χ2v) is 13.4. The van der Waals surface area contributed by atoms with Crippen LogP contribution in [0.25, 0.3) is 0 Å². The molecule has 0 aromatic heterocycles. The third-order valence-corrected chi connectivity index (χ3v) is 8.88. The number of anilines is 1. The summed E-state index contributed by atoms with van der Waals surface area (Å²) in [5, 5.41) is 3.63. The Labute approximate surface area is 256 Å². The van der Waals surface area contributed by atoms with E-state index in [2.05, 4.69) is 5.32 Å². The minimum atomic E-state index is -4.25. The van der Waals surface area contributed by atoms with Crippen LogP contribution in [0.1, 0.15) is 33.3 Å². The molecule has 0 fully saturated rings. The fraction of sp³-hybridized carbons (Fsp3) is 0.310. The van der Waals surface area contributed by atoms with Crippen molar-refractivity contribution in [3.05, 3.63) is 87.4 Å². The van der Waals surface area contributed by atoms with E-state index in [9.17, 15) is 18.0 Å². The van der Waals surface area contributed by atoms with E-state index < -0.39 is 40.0 Å². The van der Waals surface area contributed by atoms with Crippen LogP contribution in [0.5, 0.6) is 5.75 Å². The maximum atomic E-state index is 14.0. The molecule has 3 aromatic carbocycles. The van der Waals surface area contributed by atoms with Crippen molar-refractivity contribution in [3.63, 3.8) is 0 Å². The lowest BCUT2D eigenvalue weighted by Crippen LogP contribution is -2.54. The normalized spacial score (nSPS) is 12.4. The molecule has 0 heterocycles. The second-order valence-electron chi connectivity index (χ2n) is 10.3. The van der Waals surface area contributed by atoms with Crippen molar-refractivity contribution in [2.75, 3.05) is 18.0 Å². The molecule has 1 atom stereocenters. The first-order valence-corrected chi connectivity index (χ1v) is 15.2. The molecule has 3 aromatic rings.